The van der Waals surface area contributed by atoms with Crippen LogP contribution in [0, 0.1) is 11.6 Å². The monoisotopic (exact) mass is 275 g/mol. The van der Waals surface area contributed by atoms with Crippen LogP contribution in [0.2, 0.25) is 0 Å². The second-order valence-electron chi connectivity index (χ2n) is 3.72. The third-order valence-electron chi connectivity index (χ3n) is 2.38. The van der Waals surface area contributed by atoms with E-state index in [4.69, 9.17) is 5.11 Å². The van der Waals surface area contributed by atoms with E-state index < -0.39 is 40.4 Å². The first-order chi connectivity index (χ1) is 8.79. The first-order valence-electron chi connectivity index (χ1n) is 5.00. The van der Waals surface area contributed by atoms with Gasteiger partial charge in [0.1, 0.15) is 17.3 Å². The van der Waals surface area contributed by atoms with Crippen molar-refractivity contribution in [2.45, 2.75) is 6.18 Å². The smallest absolute Gasteiger partial charge is 0.416 e. The molecule has 0 unspecified atom stereocenters. The molecular formula is C12H6F5NO. The van der Waals surface area contributed by atoms with Gasteiger partial charge in [0.2, 0.25) is 0 Å². The van der Waals surface area contributed by atoms with Gasteiger partial charge < -0.3 is 5.11 Å². The van der Waals surface area contributed by atoms with E-state index in [1.165, 1.54) is 0 Å². The zero-order chi connectivity index (χ0) is 14.2. The van der Waals surface area contributed by atoms with Crippen LogP contribution in [0.3, 0.4) is 0 Å². The largest absolute Gasteiger partial charge is 0.506 e. The molecule has 2 nitrogen and oxygen atoms in total. The lowest BCUT2D eigenvalue weighted by Gasteiger charge is -2.09. The van der Waals surface area contributed by atoms with E-state index in [2.05, 4.69) is 4.98 Å². The number of aromatic hydroxyl groups is 1. The molecule has 7 heteroatoms. The SMILES string of the molecule is Oc1cnc(-c2ccc(C(F)(F)F)cc2F)c(F)c1. The molecule has 100 valence electrons. The number of benzene rings is 1. The summed E-state index contributed by atoms with van der Waals surface area (Å²) < 4.78 is 64.1. The van der Waals surface area contributed by atoms with Crippen molar-refractivity contribution in [2.75, 3.05) is 0 Å². The van der Waals surface area contributed by atoms with Gasteiger partial charge >= 0.3 is 6.18 Å². The second-order valence-corrected chi connectivity index (χ2v) is 3.72. The topological polar surface area (TPSA) is 33.1 Å². The summed E-state index contributed by atoms with van der Waals surface area (Å²) >= 11 is 0. The zero-order valence-electron chi connectivity index (χ0n) is 9.17. The molecule has 0 aliphatic heterocycles. The van der Waals surface area contributed by atoms with Crippen LogP contribution >= 0.6 is 0 Å². The van der Waals surface area contributed by atoms with Gasteiger partial charge in [0.05, 0.1) is 11.8 Å². The van der Waals surface area contributed by atoms with Crippen molar-refractivity contribution in [3.8, 4) is 17.0 Å². The van der Waals surface area contributed by atoms with E-state index >= 15 is 0 Å². The van der Waals surface area contributed by atoms with Gasteiger partial charge in [0, 0.05) is 11.6 Å². The molecule has 1 aromatic heterocycles. The van der Waals surface area contributed by atoms with Crippen molar-refractivity contribution < 1.29 is 27.1 Å². The minimum Gasteiger partial charge on any atom is -0.506 e. The van der Waals surface area contributed by atoms with Crippen LogP contribution in [0.15, 0.2) is 30.5 Å². The molecule has 0 aliphatic rings. The second kappa shape index (κ2) is 4.49. The molecule has 0 saturated heterocycles. The number of pyridine rings is 1. The number of rotatable bonds is 1. The molecule has 1 N–H and O–H groups in total. The first-order valence-corrected chi connectivity index (χ1v) is 5.00. The molecule has 0 bridgehead atoms. The average molecular weight is 275 g/mol. The quantitative estimate of drug-likeness (QED) is 0.804. The van der Waals surface area contributed by atoms with Crippen LogP contribution < -0.4 is 0 Å². The lowest BCUT2D eigenvalue weighted by Crippen LogP contribution is -2.05. The fraction of sp³-hybridized carbons (Fsp3) is 0.0833. The maximum Gasteiger partial charge on any atom is 0.416 e. The Bertz CT molecular complexity index is 624. The Hall–Kier alpha value is -2.18. The maximum atomic E-state index is 13.6. The van der Waals surface area contributed by atoms with Gasteiger partial charge in [0.15, 0.2) is 5.82 Å². The summed E-state index contributed by atoms with van der Waals surface area (Å²) in [6, 6.07) is 2.38. The highest BCUT2D eigenvalue weighted by Crippen LogP contribution is 2.33. The first kappa shape index (κ1) is 13.3. The van der Waals surface area contributed by atoms with Crippen molar-refractivity contribution in [3.63, 3.8) is 0 Å². The third kappa shape index (κ3) is 2.64. The van der Waals surface area contributed by atoms with Crippen LogP contribution in [0.25, 0.3) is 11.3 Å². The van der Waals surface area contributed by atoms with Crippen molar-refractivity contribution in [1.82, 2.24) is 4.98 Å². The number of hydrogen-bond donors (Lipinski definition) is 1. The van der Waals surface area contributed by atoms with Crippen LogP contribution in [0.4, 0.5) is 22.0 Å². The van der Waals surface area contributed by atoms with Gasteiger partial charge in [0.25, 0.3) is 0 Å². The van der Waals surface area contributed by atoms with E-state index in [0.717, 1.165) is 12.3 Å². The maximum absolute atomic E-state index is 13.6. The predicted octanol–water partition coefficient (Wildman–Crippen LogP) is 3.75. The van der Waals surface area contributed by atoms with Crippen LogP contribution in [0.1, 0.15) is 5.56 Å². The fourth-order valence-corrected chi connectivity index (χ4v) is 1.51. The van der Waals surface area contributed by atoms with Gasteiger partial charge in [-0.3, -0.25) is 0 Å². The summed E-state index contributed by atoms with van der Waals surface area (Å²) in [6.45, 7) is 0. The Morgan fingerprint density at radius 1 is 1.00 bits per heavy atom. The Balaban J connectivity index is 2.52. The number of hydrogen-bond acceptors (Lipinski definition) is 2. The van der Waals surface area contributed by atoms with Gasteiger partial charge in [-0.1, -0.05) is 0 Å². The predicted molar refractivity (Wildman–Crippen MR) is 56.3 cm³/mol. The summed E-state index contributed by atoms with van der Waals surface area (Å²) in [5.74, 6) is -2.74. The van der Waals surface area contributed by atoms with Gasteiger partial charge in [-0.05, 0) is 18.2 Å². The molecule has 0 saturated carbocycles. The number of nitrogens with zero attached hydrogens (tertiary/aromatic N) is 1. The molecular weight excluding hydrogens is 269 g/mol. The Morgan fingerprint density at radius 2 is 1.68 bits per heavy atom. The molecule has 0 atom stereocenters. The summed E-state index contributed by atoms with van der Waals surface area (Å²) in [6.07, 6.45) is -3.81. The molecule has 0 aliphatic carbocycles. The third-order valence-corrected chi connectivity index (χ3v) is 2.38. The number of halogens is 5. The molecule has 1 heterocycles. The van der Waals surface area contributed by atoms with Gasteiger partial charge in [-0.2, -0.15) is 13.2 Å². The molecule has 1 aromatic carbocycles. The van der Waals surface area contributed by atoms with Crippen LogP contribution in [-0.4, -0.2) is 10.1 Å². The van der Waals surface area contributed by atoms with Gasteiger partial charge in [-0.25, -0.2) is 13.8 Å². The average Bonchev–Trinajstić information content (AvgIpc) is 2.28. The van der Waals surface area contributed by atoms with Crippen molar-refractivity contribution >= 4 is 0 Å². The lowest BCUT2D eigenvalue weighted by atomic mass is 10.1. The summed E-state index contributed by atoms with van der Waals surface area (Å²) in [4.78, 5) is 3.45. The fourth-order valence-electron chi connectivity index (χ4n) is 1.51. The highest BCUT2D eigenvalue weighted by molar-refractivity contribution is 5.61. The summed E-state index contributed by atoms with van der Waals surface area (Å²) in [7, 11) is 0. The minimum absolute atomic E-state index is 0.267. The van der Waals surface area contributed by atoms with Gasteiger partial charge in [-0.15, -0.1) is 0 Å². The molecule has 19 heavy (non-hydrogen) atoms. The van der Waals surface area contributed by atoms with E-state index in [1.54, 1.807) is 0 Å². The Labute approximate surface area is 104 Å². The highest BCUT2D eigenvalue weighted by Gasteiger charge is 2.31. The van der Waals surface area contributed by atoms with Crippen LogP contribution in [0.5, 0.6) is 5.75 Å². The molecule has 0 amide bonds. The minimum atomic E-state index is -4.68. The van der Waals surface area contributed by atoms with Crippen molar-refractivity contribution in [2.24, 2.45) is 0 Å². The highest BCUT2D eigenvalue weighted by atomic mass is 19.4. The molecule has 2 rings (SSSR count). The molecule has 0 fully saturated rings. The number of aromatic nitrogens is 1. The van der Waals surface area contributed by atoms with E-state index in [-0.39, 0.29) is 6.07 Å². The molecule has 0 spiro atoms. The van der Waals surface area contributed by atoms with Crippen molar-refractivity contribution in [3.05, 3.63) is 47.7 Å². The van der Waals surface area contributed by atoms with Crippen LogP contribution in [-0.2, 0) is 6.18 Å². The standard InChI is InChI=1S/C12H6F5NO/c13-9-3-6(12(15,16)17)1-2-8(9)11-10(14)4-7(19)5-18-11/h1-5,19H. The lowest BCUT2D eigenvalue weighted by molar-refractivity contribution is -0.137. The Kier molecular flexibility index (Phi) is 3.13. The summed E-state index contributed by atoms with van der Waals surface area (Å²) in [5, 5.41) is 8.96. The Morgan fingerprint density at radius 3 is 2.21 bits per heavy atom. The normalized spacial score (nSPS) is 11.6. The zero-order valence-corrected chi connectivity index (χ0v) is 9.17. The van der Waals surface area contributed by atoms with E-state index in [0.29, 0.717) is 12.1 Å². The molecule has 2 aromatic rings. The van der Waals surface area contributed by atoms with Crippen molar-refractivity contribution in [1.29, 1.82) is 0 Å². The summed E-state index contributed by atoms with van der Waals surface area (Å²) in [5.41, 5.74) is -2.05. The molecule has 0 radical (unpaired) electrons. The van der Waals surface area contributed by atoms with E-state index in [1.807, 2.05) is 0 Å². The van der Waals surface area contributed by atoms with E-state index in [9.17, 15) is 22.0 Å². The number of alkyl halides is 3.